The van der Waals surface area contributed by atoms with E-state index in [1.54, 1.807) is 0 Å². The highest BCUT2D eigenvalue weighted by molar-refractivity contribution is 5.76. The maximum atomic E-state index is 12.2. The lowest BCUT2D eigenvalue weighted by molar-refractivity contribution is -0.121. The van der Waals surface area contributed by atoms with Gasteiger partial charge in [-0.25, -0.2) is 0 Å². The molecule has 1 amide bonds. The Labute approximate surface area is 179 Å². The monoisotopic (exact) mass is 414 g/mol. The highest BCUT2D eigenvalue weighted by Gasteiger charge is 2.17. The Morgan fingerprint density at radius 3 is 2.55 bits per heavy atom. The van der Waals surface area contributed by atoms with Crippen molar-refractivity contribution in [2.24, 2.45) is 0 Å². The molecule has 0 unspecified atom stereocenters. The molecule has 0 spiro atoms. The zero-order valence-corrected chi connectivity index (χ0v) is 17.0. The molecular weight excluding hydrogens is 392 g/mol. The van der Waals surface area contributed by atoms with Gasteiger partial charge in [0.1, 0.15) is 5.82 Å². The molecule has 8 nitrogen and oxygen atoms in total. The van der Waals surface area contributed by atoms with Gasteiger partial charge < -0.3 is 14.3 Å². The van der Waals surface area contributed by atoms with Gasteiger partial charge in [0.15, 0.2) is 5.82 Å². The molecule has 2 aromatic carbocycles. The summed E-state index contributed by atoms with van der Waals surface area (Å²) < 4.78 is 7.82. The molecule has 0 saturated heterocycles. The summed E-state index contributed by atoms with van der Waals surface area (Å²) in [6, 6.07) is 18.2. The summed E-state index contributed by atoms with van der Waals surface area (Å²) in [7, 11) is 0. The molecule has 0 aliphatic carbocycles. The molecule has 8 heteroatoms. The molecule has 2 aromatic heterocycles. The first kappa shape index (κ1) is 19.2. The number of nitrogens with one attached hydrogen (secondary N) is 1. The van der Waals surface area contributed by atoms with Crippen LogP contribution in [0.5, 0.6) is 0 Å². The van der Waals surface area contributed by atoms with Gasteiger partial charge in [-0.15, -0.1) is 20.4 Å². The number of carbonyl (C=O) groups is 1. The second kappa shape index (κ2) is 8.51. The molecule has 156 valence electrons. The van der Waals surface area contributed by atoms with Crippen LogP contribution >= 0.6 is 0 Å². The summed E-state index contributed by atoms with van der Waals surface area (Å²) in [4.78, 5) is 12.2. The van der Waals surface area contributed by atoms with Crippen LogP contribution in [0.3, 0.4) is 0 Å². The van der Waals surface area contributed by atoms with Crippen LogP contribution < -0.4 is 5.32 Å². The predicted octanol–water partition coefficient (Wildman–Crippen LogP) is 3.19. The van der Waals surface area contributed by atoms with Crippen molar-refractivity contribution in [2.75, 3.05) is 0 Å². The SMILES string of the molecule is O=C(CCc1nnc(-c2ccc(-c3ccccc3)cc2)o1)NCc1nnc2n1CCC2. The van der Waals surface area contributed by atoms with E-state index in [9.17, 15) is 4.79 Å². The van der Waals surface area contributed by atoms with Crippen LogP contribution in [0.4, 0.5) is 0 Å². The fourth-order valence-corrected chi connectivity index (χ4v) is 3.74. The Morgan fingerprint density at radius 2 is 1.71 bits per heavy atom. The number of rotatable bonds is 7. The van der Waals surface area contributed by atoms with E-state index < -0.39 is 0 Å². The largest absolute Gasteiger partial charge is 0.421 e. The average Bonchev–Trinajstić information content (AvgIpc) is 3.55. The lowest BCUT2D eigenvalue weighted by Gasteiger charge is -2.05. The van der Waals surface area contributed by atoms with Gasteiger partial charge in [-0.05, 0) is 29.7 Å². The third kappa shape index (κ3) is 4.23. The lowest BCUT2D eigenvalue weighted by atomic mass is 10.0. The first-order valence-electron chi connectivity index (χ1n) is 10.4. The average molecular weight is 414 g/mol. The van der Waals surface area contributed by atoms with Gasteiger partial charge in [0, 0.05) is 31.4 Å². The lowest BCUT2D eigenvalue weighted by Crippen LogP contribution is -2.24. The fraction of sp³-hybridized carbons (Fsp3) is 0.261. The molecule has 0 atom stereocenters. The summed E-state index contributed by atoms with van der Waals surface area (Å²) in [6.07, 6.45) is 2.70. The van der Waals surface area contributed by atoms with Crippen molar-refractivity contribution >= 4 is 5.91 Å². The highest BCUT2D eigenvalue weighted by Crippen LogP contribution is 2.24. The molecule has 1 N–H and O–H groups in total. The summed E-state index contributed by atoms with van der Waals surface area (Å²) in [5.74, 6) is 2.62. The van der Waals surface area contributed by atoms with E-state index in [0.717, 1.165) is 47.7 Å². The molecule has 1 aliphatic rings. The van der Waals surface area contributed by atoms with Gasteiger partial charge in [0.2, 0.25) is 17.7 Å². The highest BCUT2D eigenvalue weighted by atomic mass is 16.4. The van der Waals surface area contributed by atoms with E-state index in [1.807, 2.05) is 42.5 Å². The van der Waals surface area contributed by atoms with Gasteiger partial charge in [0.05, 0.1) is 6.54 Å². The molecule has 0 radical (unpaired) electrons. The minimum atomic E-state index is -0.0812. The van der Waals surface area contributed by atoms with Crippen molar-refractivity contribution in [3.8, 4) is 22.6 Å². The van der Waals surface area contributed by atoms with Crippen molar-refractivity contribution < 1.29 is 9.21 Å². The third-order valence-electron chi connectivity index (χ3n) is 5.40. The minimum absolute atomic E-state index is 0.0812. The quantitative estimate of drug-likeness (QED) is 0.499. The number of aromatic nitrogens is 5. The number of carbonyl (C=O) groups excluding carboxylic acids is 1. The van der Waals surface area contributed by atoms with Crippen LogP contribution in [0.15, 0.2) is 59.0 Å². The first-order valence-corrected chi connectivity index (χ1v) is 10.4. The number of fused-ring (bicyclic) bond motifs is 1. The van der Waals surface area contributed by atoms with Crippen molar-refractivity contribution in [2.45, 2.75) is 38.8 Å². The van der Waals surface area contributed by atoms with Crippen molar-refractivity contribution in [1.82, 2.24) is 30.3 Å². The van der Waals surface area contributed by atoms with Crippen LogP contribution in [0, 0.1) is 0 Å². The van der Waals surface area contributed by atoms with Crippen LogP contribution in [0.1, 0.15) is 30.4 Å². The van der Waals surface area contributed by atoms with Crippen LogP contribution in [-0.2, 0) is 30.7 Å². The van der Waals surface area contributed by atoms with Gasteiger partial charge in [0.25, 0.3) is 0 Å². The van der Waals surface area contributed by atoms with E-state index in [4.69, 9.17) is 4.42 Å². The minimum Gasteiger partial charge on any atom is -0.421 e. The van der Waals surface area contributed by atoms with E-state index in [2.05, 4.69) is 42.4 Å². The molecule has 3 heterocycles. The summed E-state index contributed by atoms with van der Waals surface area (Å²) in [5.41, 5.74) is 3.13. The van der Waals surface area contributed by atoms with Gasteiger partial charge >= 0.3 is 0 Å². The van der Waals surface area contributed by atoms with Gasteiger partial charge in [-0.2, -0.15) is 0 Å². The molecule has 0 saturated carbocycles. The summed E-state index contributed by atoms with van der Waals surface area (Å²) >= 11 is 0. The second-order valence-electron chi connectivity index (χ2n) is 7.51. The van der Waals surface area contributed by atoms with Gasteiger partial charge in [-0.1, -0.05) is 42.5 Å². The number of hydrogen-bond donors (Lipinski definition) is 1. The Bertz CT molecular complexity index is 1180. The van der Waals surface area contributed by atoms with Gasteiger partial charge in [-0.3, -0.25) is 4.79 Å². The van der Waals surface area contributed by atoms with Crippen molar-refractivity contribution in [3.63, 3.8) is 0 Å². The molecule has 0 bridgehead atoms. The number of aryl methyl sites for hydroxylation is 2. The molecule has 5 rings (SSSR count). The van der Waals surface area contributed by atoms with Crippen molar-refractivity contribution in [3.05, 3.63) is 72.1 Å². The van der Waals surface area contributed by atoms with Crippen molar-refractivity contribution in [1.29, 1.82) is 0 Å². The number of nitrogens with zero attached hydrogens (tertiary/aromatic N) is 5. The summed E-state index contributed by atoms with van der Waals surface area (Å²) in [5, 5.41) is 19.4. The number of hydrogen-bond acceptors (Lipinski definition) is 6. The molecule has 0 fully saturated rings. The van der Waals surface area contributed by atoms with E-state index in [1.165, 1.54) is 0 Å². The third-order valence-corrected chi connectivity index (χ3v) is 5.40. The zero-order chi connectivity index (χ0) is 21.0. The molecular formula is C23H22N6O2. The Hall–Kier alpha value is -3.81. The number of benzene rings is 2. The molecule has 31 heavy (non-hydrogen) atoms. The topological polar surface area (TPSA) is 98.7 Å². The Morgan fingerprint density at radius 1 is 0.935 bits per heavy atom. The fourth-order valence-electron chi connectivity index (χ4n) is 3.74. The van der Waals surface area contributed by atoms with Crippen LogP contribution in [0.2, 0.25) is 0 Å². The first-order chi connectivity index (χ1) is 15.3. The maximum absolute atomic E-state index is 12.2. The molecule has 1 aliphatic heterocycles. The Kier molecular flexibility index (Phi) is 5.26. The molecule has 4 aromatic rings. The standard InChI is InChI=1S/C23H22N6O2/c30-21(24-15-20-26-25-19-7-4-14-29(19)20)12-13-22-27-28-23(31-22)18-10-8-17(9-11-18)16-5-2-1-3-6-16/h1-3,5-6,8-11H,4,7,12-15H2,(H,24,30). The maximum Gasteiger partial charge on any atom is 0.247 e. The summed E-state index contributed by atoms with van der Waals surface area (Å²) in [6.45, 7) is 1.30. The van der Waals surface area contributed by atoms with E-state index in [-0.39, 0.29) is 12.3 Å². The van der Waals surface area contributed by atoms with E-state index in [0.29, 0.717) is 24.7 Å². The van der Waals surface area contributed by atoms with E-state index >= 15 is 0 Å². The zero-order valence-electron chi connectivity index (χ0n) is 17.0. The van der Waals surface area contributed by atoms with Crippen LogP contribution in [0.25, 0.3) is 22.6 Å². The van der Waals surface area contributed by atoms with Crippen LogP contribution in [-0.4, -0.2) is 30.9 Å². The number of amides is 1. The smallest absolute Gasteiger partial charge is 0.247 e. The normalized spacial score (nSPS) is 12.6. The second-order valence-corrected chi connectivity index (χ2v) is 7.51. The predicted molar refractivity (Wildman–Crippen MR) is 114 cm³/mol. The Balaban J connectivity index is 1.15.